The summed E-state index contributed by atoms with van der Waals surface area (Å²) in [6.07, 6.45) is 3.31. The lowest BCUT2D eigenvalue weighted by Crippen LogP contribution is -2.25. The van der Waals surface area contributed by atoms with Gasteiger partial charge in [0.25, 0.3) is 0 Å². The molecule has 6 bridgehead atoms. The first-order valence-corrected chi connectivity index (χ1v) is 3.97. The zero-order chi connectivity index (χ0) is 4.88. The summed E-state index contributed by atoms with van der Waals surface area (Å²) in [6.45, 7) is 0. The molecule has 5 saturated carbocycles. The Morgan fingerprint density at radius 1 is 0.625 bits per heavy atom. The lowest BCUT2D eigenvalue weighted by atomic mass is 9.73. The van der Waals surface area contributed by atoms with Gasteiger partial charge in [0.15, 0.2) is 0 Å². The Bertz CT molecular complexity index is 141. The third kappa shape index (κ3) is 0.130. The monoisotopic (exact) mass is 106 g/mol. The van der Waals surface area contributed by atoms with Crippen LogP contribution < -0.4 is 0 Å². The fourth-order valence-electron chi connectivity index (χ4n) is 4.28. The summed E-state index contributed by atoms with van der Waals surface area (Å²) in [5, 5.41) is 0. The second kappa shape index (κ2) is 0.630. The predicted molar refractivity (Wildman–Crippen MR) is 30.2 cm³/mol. The van der Waals surface area contributed by atoms with Crippen molar-refractivity contribution in [1.82, 2.24) is 0 Å². The van der Waals surface area contributed by atoms with E-state index in [0.29, 0.717) is 0 Å². The van der Waals surface area contributed by atoms with E-state index in [9.17, 15) is 0 Å². The van der Waals surface area contributed by atoms with Crippen LogP contribution in [0.15, 0.2) is 0 Å². The molecule has 0 saturated heterocycles. The molecule has 5 aliphatic carbocycles. The van der Waals surface area contributed by atoms with E-state index in [1.54, 1.807) is 12.8 Å². The molecular weight excluding hydrogens is 96.1 g/mol. The van der Waals surface area contributed by atoms with Crippen molar-refractivity contribution in [3.63, 3.8) is 0 Å². The van der Waals surface area contributed by atoms with Gasteiger partial charge in [-0.3, -0.25) is 0 Å². The standard InChI is InChI=1S/C8H10/c1-3-4-2-5(3)8-6(1)7(4)8/h3-8H,1-2H2. The fraction of sp³-hybridized carbons (Fsp3) is 1.00. The number of hydrogen-bond donors (Lipinski definition) is 0. The van der Waals surface area contributed by atoms with Gasteiger partial charge in [0.1, 0.15) is 0 Å². The minimum Gasteiger partial charge on any atom is -0.0465 e. The molecule has 0 radical (unpaired) electrons. The van der Waals surface area contributed by atoms with Crippen molar-refractivity contribution in [3.05, 3.63) is 0 Å². The van der Waals surface area contributed by atoms with Gasteiger partial charge in [-0.2, -0.15) is 0 Å². The molecule has 4 unspecified atom stereocenters. The molecule has 42 valence electrons. The Balaban J connectivity index is 2.10. The largest absolute Gasteiger partial charge is 0.0465 e. The van der Waals surface area contributed by atoms with Crippen LogP contribution in [0.1, 0.15) is 12.8 Å². The van der Waals surface area contributed by atoms with E-state index in [2.05, 4.69) is 0 Å². The van der Waals surface area contributed by atoms with Gasteiger partial charge in [-0.05, 0) is 48.3 Å². The number of hydrogen-bond acceptors (Lipinski definition) is 0. The SMILES string of the molecule is C1C2C3CC4C2C4C13. The Morgan fingerprint density at radius 2 is 1.25 bits per heavy atom. The van der Waals surface area contributed by atoms with Crippen molar-refractivity contribution >= 4 is 0 Å². The van der Waals surface area contributed by atoms with Crippen molar-refractivity contribution in [1.29, 1.82) is 0 Å². The molecule has 4 atom stereocenters. The van der Waals surface area contributed by atoms with Gasteiger partial charge in [0.2, 0.25) is 0 Å². The maximum absolute atomic E-state index is 1.66. The van der Waals surface area contributed by atoms with Crippen LogP contribution >= 0.6 is 0 Å². The van der Waals surface area contributed by atoms with Gasteiger partial charge in [0, 0.05) is 0 Å². The molecule has 0 aromatic rings. The van der Waals surface area contributed by atoms with Crippen LogP contribution in [0, 0.1) is 35.5 Å². The van der Waals surface area contributed by atoms with Crippen LogP contribution in [0.2, 0.25) is 0 Å². The van der Waals surface area contributed by atoms with Gasteiger partial charge in [-0.25, -0.2) is 0 Å². The zero-order valence-corrected chi connectivity index (χ0v) is 4.88. The van der Waals surface area contributed by atoms with Gasteiger partial charge in [-0.1, -0.05) is 0 Å². The highest BCUT2D eigenvalue weighted by molar-refractivity contribution is 5.26. The minimum atomic E-state index is 1.27. The summed E-state index contributed by atoms with van der Waals surface area (Å²) in [5.74, 6) is 7.69. The smallest absolute Gasteiger partial charge is 0.0318 e. The molecule has 0 aromatic carbocycles. The molecule has 0 aromatic heterocycles. The third-order valence-corrected chi connectivity index (χ3v) is 4.47. The van der Waals surface area contributed by atoms with Crippen molar-refractivity contribution < 1.29 is 0 Å². The fourth-order valence-corrected chi connectivity index (χ4v) is 4.28. The number of rotatable bonds is 0. The molecule has 0 spiro atoms. The zero-order valence-electron chi connectivity index (χ0n) is 4.88. The van der Waals surface area contributed by atoms with Crippen molar-refractivity contribution in [2.75, 3.05) is 0 Å². The van der Waals surface area contributed by atoms with Crippen molar-refractivity contribution in [2.24, 2.45) is 35.5 Å². The minimum absolute atomic E-state index is 1.27. The average Bonchev–Trinajstić information content (AvgIpc) is 2.20. The van der Waals surface area contributed by atoms with Crippen LogP contribution in [0.4, 0.5) is 0 Å². The van der Waals surface area contributed by atoms with Gasteiger partial charge in [0.05, 0.1) is 0 Å². The molecule has 0 heterocycles. The van der Waals surface area contributed by atoms with Gasteiger partial charge < -0.3 is 0 Å². The Kier molecular flexibility index (Phi) is 0.255. The third-order valence-electron chi connectivity index (χ3n) is 4.47. The van der Waals surface area contributed by atoms with Crippen LogP contribution in [-0.4, -0.2) is 0 Å². The quantitative estimate of drug-likeness (QED) is 0.439. The summed E-state index contributed by atoms with van der Waals surface area (Å²) in [6, 6.07) is 0. The highest BCUT2D eigenvalue weighted by atomic mass is 14.8. The molecule has 5 rings (SSSR count). The average molecular weight is 106 g/mol. The summed E-state index contributed by atoms with van der Waals surface area (Å²) >= 11 is 0. The summed E-state index contributed by atoms with van der Waals surface area (Å²) in [5.41, 5.74) is 0. The summed E-state index contributed by atoms with van der Waals surface area (Å²) in [4.78, 5) is 0. The first-order chi connectivity index (χ1) is 3.97. The van der Waals surface area contributed by atoms with E-state index < -0.39 is 0 Å². The van der Waals surface area contributed by atoms with E-state index in [4.69, 9.17) is 0 Å². The molecule has 5 aliphatic rings. The van der Waals surface area contributed by atoms with Crippen LogP contribution in [0.3, 0.4) is 0 Å². The lowest BCUT2D eigenvalue weighted by molar-refractivity contribution is 0.171. The molecule has 0 N–H and O–H groups in total. The predicted octanol–water partition coefficient (Wildman–Crippen LogP) is 1.52. The molecule has 8 heavy (non-hydrogen) atoms. The highest BCUT2D eigenvalue weighted by Gasteiger charge is 2.78. The van der Waals surface area contributed by atoms with E-state index in [0.717, 1.165) is 0 Å². The first kappa shape index (κ1) is 3.24. The molecule has 0 aliphatic heterocycles. The van der Waals surface area contributed by atoms with Gasteiger partial charge in [-0.15, -0.1) is 0 Å². The van der Waals surface area contributed by atoms with Crippen molar-refractivity contribution in [3.8, 4) is 0 Å². The Morgan fingerprint density at radius 3 is 1.50 bits per heavy atom. The Hall–Kier alpha value is 0. The van der Waals surface area contributed by atoms with E-state index in [-0.39, 0.29) is 0 Å². The molecule has 0 amide bonds. The van der Waals surface area contributed by atoms with E-state index >= 15 is 0 Å². The maximum atomic E-state index is 1.66. The normalized spacial score (nSPS) is 87.0. The van der Waals surface area contributed by atoms with E-state index in [1.165, 1.54) is 35.5 Å². The molecule has 5 fully saturated rings. The summed E-state index contributed by atoms with van der Waals surface area (Å²) < 4.78 is 0. The second-order valence-electron chi connectivity index (χ2n) is 4.28. The van der Waals surface area contributed by atoms with E-state index in [1.807, 2.05) is 0 Å². The summed E-state index contributed by atoms with van der Waals surface area (Å²) in [7, 11) is 0. The van der Waals surface area contributed by atoms with Crippen LogP contribution in [0.25, 0.3) is 0 Å². The van der Waals surface area contributed by atoms with Crippen LogP contribution in [0.5, 0.6) is 0 Å². The highest BCUT2D eigenvalue weighted by Crippen LogP contribution is 2.84. The first-order valence-electron chi connectivity index (χ1n) is 3.97. The Labute approximate surface area is 49.3 Å². The molecular formula is C8H10. The van der Waals surface area contributed by atoms with Gasteiger partial charge >= 0.3 is 0 Å². The molecule has 0 heteroatoms. The lowest BCUT2D eigenvalue weighted by Gasteiger charge is -2.31. The van der Waals surface area contributed by atoms with Crippen LogP contribution in [-0.2, 0) is 0 Å². The molecule has 0 nitrogen and oxygen atoms in total. The maximum Gasteiger partial charge on any atom is -0.0318 e. The second-order valence-corrected chi connectivity index (χ2v) is 4.28. The topological polar surface area (TPSA) is 0 Å². The van der Waals surface area contributed by atoms with Crippen molar-refractivity contribution in [2.45, 2.75) is 12.8 Å².